The lowest BCUT2D eigenvalue weighted by Crippen LogP contribution is -2.51. The van der Waals surface area contributed by atoms with Crippen LogP contribution in [0.2, 0.25) is 5.02 Å². The zero-order valence-electron chi connectivity index (χ0n) is 17.5. The van der Waals surface area contributed by atoms with E-state index in [0.29, 0.717) is 0 Å². The number of hydrogen-bond acceptors (Lipinski definition) is 4. The van der Waals surface area contributed by atoms with E-state index in [1.54, 1.807) is 19.3 Å². The number of alkyl halides is 3. The highest BCUT2D eigenvalue weighted by molar-refractivity contribution is 6.31. The number of rotatable bonds is 4. The van der Waals surface area contributed by atoms with Crippen LogP contribution < -0.4 is 16.2 Å². The van der Waals surface area contributed by atoms with E-state index >= 15 is 0 Å². The van der Waals surface area contributed by atoms with E-state index in [4.69, 9.17) is 11.6 Å². The molecule has 2 heterocycles. The maximum Gasteiger partial charge on any atom is 0.472 e. The summed E-state index contributed by atoms with van der Waals surface area (Å²) in [6.07, 6.45) is -2.38. The van der Waals surface area contributed by atoms with Crippen molar-refractivity contribution in [2.24, 2.45) is 7.05 Å². The lowest BCUT2D eigenvalue weighted by atomic mass is 9.97. The number of halogens is 6. The Hall–Kier alpha value is -3.74. The maximum atomic E-state index is 14.8. The normalized spacial score (nSPS) is 12.2. The van der Waals surface area contributed by atoms with Crippen molar-refractivity contribution in [3.8, 4) is 22.4 Å². The quantitative estimate of drug-likeness (QED) is 0.370. The molecule has 0 radical (unpaired) electrons. The van der Waals surface area contributed by atoms with Crippen LogP contribution in [0.25, 0.3) is 22.4 Å². The summed E-state index contributed by atoms with van der Waals surface area (Å²) in [5, 5.41) is 6.36. The number of nitrogens with one attached hydrogen (secondary N) is 3. The lowest BCUT2D eigenvalue weighted by molar-refractivity contribution is -0.174. The predicted octanol–water partition coefficient (Wildman–Crippen LogP) is 4.03. The second-order valence-electron chi connectivity index (χ2n) is 7.05. The van der Waals surface area contributed by atoms with Gasteiger partial charge in [-0.25, -0.2) is 19.0 Å². The van der Waals surface area contributed by atoms with Gasteiger partial charge in [0, 0.05) is 35.6 Å². The summed E-state index contributed by atoms with van der Waals surface area (Å²) in [4.78, 5) is 26.4. The number of carbonyl (C=O) groups excluding carboxylic acids is 2. The zero-order chi connectivity index (χ0) is 25.2. The molecular formula is C20H16ClF5N6O2. The second-order valence-corrected chi connectivity index (χ2v) is 7.48. The number of hydrazine groups is 1. The Balaban J connectivity index is 1.83. The van der Waals surface area contributed by atoms with Gasteiger partial charge in [0.25, 0.3) is 0 Å². The van der Waals surface area contributed by atoms with Crippen LogP contribution >= 0.6 is 11.6 Å². The van der Waals surface area contributed by atoms with Gasteiger partial charge in [-0.2, -0.15) is 18.3 Å². The molecule has 0 aliphatic carbocycles. The van der Waals surface area contributed by atoms with E-state index in [9.17, 15) is 31.5 Å². The zero-order valence-corrected chi connectivity index (χ0v) is 18.2. The van der Waals surface area contributed by atoms with Crippen molar-refractivity contribution in [3.63, 3.8) is 0 Å². The van der Waals surface area contributed by atoms with Gasteiger partial charge in [0.1, 0.15) is 11.6 Å². The topological polar surface area (TPSA) is 101 Å². The molecule has 0 aliphatic heterocycles. The number of aryl methyl sites for hydroxylation is 1. The Morgan fingerprint density at radius 3 is 2.41 bits per heavy atom. The van der Waals surface area contributed by atoms with Gasteiger partial charge in [0.15, 0.2) is 0 Å². The molecule has 34 heavy (non-hydrogen) atoms. The summed E-state index contributed by atoms with van der Waals surface area (Å²) in [5.74, 6) is -3.96. The van der Waals surface area contributed by atoms with Crippen LogP contribution in [-0.2, 0) is 11.8 Å². The minimum Gasteiger partial charge on any atom is -0.329 e. The van der Waals surface area contributed by atoms with Crippen LogP contribution in [0.15, 0.2) is 36.7 Å². The van der Waals surface area contributed by atoms with Crippen molar-refractivity contribution >= 4 is 23.5 Å². The summed E-state index contributed by atoms with van der Waals surface area (Å²) < 4.78 is 67.5. The third kappa shape index (κ3) is 5.60. The molecule has 0 aliphatic rings. The Morgan fingerprint density at radius 2 is 1.82 bits per heavy atom. The van der Waals surface area contributed by atoms with Crippen molar-refractivity contribution in [1.82, 2.24) is 30.9 Å². The number of urea groups is 1. The Bertz CT molecular complexity index is 1250. The number of hydrogen-bond donors (Lipinski definition) is 3. The molecule has 2 aromatic heterocycles. The van der Waals surface area contributed by atoms with Gasteiger partial charge in [-0.3, -0.25) is 19.9 Å². The number of nitrogens with zero attached hydrogens (tertiary/aromatic N) is 3. The van der Waals surface area contributed by atoms with Gasteiger partial charge in [0.05, 0.1) is 17.4 Å². The molecule has 14 heteroatoms. The SMILES string of the molecule is C[C@@H](NC(=O)NNC(=O)C(F)(F)F)c1ncc(-c2cc(Cl)cc(F)c2-c2ccn(C)n2)cc1F. The summed E-state index contributed by atoms with van der Waals surface area (Å²) in [6.45, 7) is 1.31. The summed E-state index contributed by atoms with van der Waals surface area (Å²) in [6, 6.07) is 2.78. The number of amides is 3. The van der Waals surface area contributed by atoms with Gasteiger partial charge >= 0.3 is 18.1 Å². The van der Waals surface area contributed by atoms with Crippen LogP contribution in [0.5, 0.6) is 0 Å². The van der Waals surface area contributed by atoms with E-state index < -0.39 is 35.8 Å². The first kappa shape index (κ1) is 24.9. The fourth-order valence-electron chi connectivity index (χ4n) is 3.01. The molecule has 0 saturated heterocycles. The van der Waals surface area contributed by atoms with Gasteiger partial charge < -0.3 is 5.32 Å². The molecule has 3 amide bonds. The van der Waals surface area contributed by atoms with Crippen LogP contribution in [-0.4, -0.2) is 32.9 Å². The minimum absolute atomic E-state index is 0.0595. The molecule has 3 rings (SSSR count). The van der Waals surface area contributed by atoms with Crippen molar-refractivity contribution < 1.29 is 31.5 Å². The van der Waals surface area contributed by atoms with Gasteiger partial charge in [-0.05, 0) is 36.8 Å². The highest BCUT2D eigenvalue weighted by atomic mass is 35.5. The van der Waals surface area contributed by atoms with E-state index in [0.717, 1.165) is 17.6 Å². The monoisotopic (exact) mass is 502 g/mol. The molecule has 8 nitrogen and oxygen atoms in total. The van der Waals surface area contributed by atoms with Crippen LogP contribution in [0, 0.1) is 11.6 Å². The Labute approximate surface area is 194 Å². The number of pyridine rings is 1. The molecule has 180 valence electrons. The molecule has 0 saturated carbocycles. The molecule has 1 aromatic carbocycles. The first-order valence-corrected chi connectivity index (χ1v) is 9.83. The van der Waals surface area contributed by atoms with Crippen molar-refractivity contribution in [2.45, 2.75) is 19.1 Å². The first-order chi connectivity index (χ1) is 15.9. The number of benzene rings is 1. The maximum absolute atomic E-state index is 14.8. The molecule has 3 N–H and O–H groups in total. The largest absolute Gasteiger partial charge is 0.472 e. The average molecular weight is 503 g/mol. The van der Waals surface area contributed by atoms with E-state index in [-0.39, 0.29) is 33.1 Å². The average Bonchev–Trinajstić information content (AvgIpc) is 3.16. The summed E-state index contributed by atoms with van der Waals surface area (Å²) in [5.41, 5.74) is 3.14. The highest BCUT2D eigenvalue weighted by Gasteiger charge is 2.39. The van der Waals surface area contributed by atoms with Crippen molar-refractivity contribution in [2.75, 3.05) is 0 Å². The van der Waals surface area contributed by atoms with Crippen LogP contribution in [0.4, 0.5) is 26.7 Å². The summed E-state index contributed by atoms with van der Waals surface area (Å²) >= 11 is 5.99. The smallest absolute Gasteiger partial charge is 0.329 e. The molecule has 3 aromatic rings. The molecule has 0 bridgehead atoms. The second kappa shape index (κ2) is 9.63. The van der Waals surface area contributed by atoms with Gasteiger partial charge in [-0.1, -0.05) is 11.6 Å². The van der Waals surface area contributed by atoms with Crippen LogP contribution in [0.3, 0.4) is 0 Å². The predicted molar refractivity (Wildman–Crippen MR) is 111 cm³/mol. The number of carbonyl (C=O) groups is 2. The van der Waals surface area contributed by atoms with Gasteiger partial charge in [-0.15, -0.1) is 0 Å². The molecule has 1 atom stereocenters. The van der Waals surface area contributed by atoms with E-state index in [2.05, 4.69) is 15.4 Å². The molecule has 0 fully saturated rings. The fraction of sp³-hybridized carbons (Fsp3) is 0.200. The minimum atomic E-state index is -5.20. The third-order valence-electron chi connectivity index (χ3n) is 4.51. The fourth-order valence-corrected chi connectivity index (χ4v) is 3.21. The van der Waals surface area contributed by atoms with Gasteiger partial charge in [0.2, 0.25) is 0 Å². The standard InChI is InChI=1S/C20H16ClF5N6O2/c1-9(28-19(34)30-29-18(33)20(24,25)26)17-14(23)5-10(8-27-17)12-6-11(21)7-13(22)16(12)15-3-4-32(2)31-15/h3-9H,1-2H3,(H,29,33)(H2,28,30,34)/t9-/m1/s1. The van der Waals surface area contributed by atoms with Crippen molar-refractivity contribution in [1.29, 1.82) is 0 Å². The highest BCUT2D eigenvalue weighted by Crippen LogP contribution is 2.36. The molecular weight excluding hydrogens is 487 g/mol. The van der Waals surface area contributed by atoms with Crippen molar-refractivity contribution in [3.05, 3.63) is 59.0 Å². The van der Waals surface area contributed by atoms with E-state index in [1.165, 1.54) is 29.3 Å². The lowest BCUT2D eigenvalue weighted by Gasteiger charge is -2.17. The van der Waals surface area contributed by atoms with E-state index in [1.807, 2.05) is 0 Å². The Morgan fingerprint density at radius 1 is 1.12 bits per heavy atom. The molecule has 0 spiro atoms. The third-order valence-corrected chi connectivity index (χ3v) is 4.73. The Kier molecular flexibility index (Phi) is 7.05. The molecule has 0 unspecified atom stereocenters. The number of aromatic nitrogens is 3. The van der Waals surface area contributed by atoms with Crippen LogP contribution in [0.1, 0.15) is 18.7 Å². The first-order valence-electron chi connectivity index (χ1n) is 9.45. The summed E-state index contributed by atoms with van der Waals surface area (Å²) in [7, 11) is 1.64.